The van der Waals surface area contributed by atoms with Crippen LogP contribution in [0, 0.1) is 11.3 Å². The molecule has 21 heavy (non-hydrogen) atoms. The molecule has 1 aromatic heterocycles. The summed E-state index contributed by atoms with van der Waals surface area (Å²) >= 11 is 0. The SMILES string of the molecule is CCOC(=O)C(Cc1ccn(C(C)C)n1)(C(=O)O)C(C)C. The van der Waals surface area contributed by atoms with Crippen LogP contribution in [0.2, 0.25) is 0 Å². The Hall–Kier alpha value is -1.85. The Labute approximate surface area is 125 Å². The van der Waals surface area contributed by atoms with Crippen LogP contribution in [0.1, 0.15) is 46.4 Å². The first kappa shape index (κ1) is 17.2. The Morgan fingerprint density at radius 2 is 2.00 bits per heavy atom. The third-order valence-corrected chi connectivity index (χ3v) is 3.66. The highest BCUT2D eigenvalue weighted by Crippen LogP contribution is 2.34. The summed E-state index contributed by atoms with van der Waals surface area (Å²) < 4.78 is 6.75. The number of hydrogen-bond acceptors (Lipinski definition) is 4. The first-order valence-electron chi connectivity index (χ1n) is 7.20. The van der Waals surface area contributed by atoms with E-state index in [1.807, 2.05) is 13.8 Å². The fourth-order valence-corrected chi connectivity index (χ4v) is 2.23. The van der Waals surface area contributed by atoms with Crippen molar-refractivity contribution in [2.24, 2.45) is 11.3 Å². The fourth-order valence-electron chi connectivity index (χ4n) is 2.23. The van der Waals surface area contributed by atoms with Gasteiger partial charge in [0.2, 0.25) is 0 Å². The van der Waals surface area contributed by atoms with Gasteiger partial charge in [-0.3, -0.25) is 14.3 Å². The smallest absolute Gasteiger partial charge is 0.324 e. The molecule has 0 spiro atoms. The van der Waals surface area contributed by atoms with Gasteiger partial charge in [0.25, 0.3) is 0 Å². The molecule has 1 rings (SSSR count). The number of aliphatic carboxylic acids is 1. The Morgan fingerprint density at radius 1 is 1.38 bits per heavy atom. The summed E-state index contributed by atoms with van der Waals surface area (Å²) in [5, 5.41) is 14.0. The normalized spacial score (nSPS) is 14.2. The number of carbonyl (C=O) groups excluding carboxylic acids is 1. The zero-order valence-electron chi connectivity index (χ0n) is 13.3. The number of carbonyl (C=O) groups is 2. The molecule has 0 aliphatic rings. The number of aromatic nitrogens is 2. The highest BCUT2D eigenvalue weighted by molar-refractivity contribution is 5.99. The van der Waals surface area contributed by atoms with Gasteiger partial charge in [-0.25, -0.2) is 0 Å². The predicted molar refractivity (Wildman–Crippen MR) is 77.9 cm³/mol. The van der Waals surface area contributed by atoms with Crippen LogP contribution in [0.3, 0.4) is 0 Å². The van der Waals surface area contributed by atoms with E-state index in [0.29, 0.717) is 5.69 Å². The van der Waals surface area contributed by atoms with Gasteiger partial charge in [0.15, 0.2) is 5.41 Å². The lowest BCUT2D eigenvalue weighted by atomic mass is 9.73. The average Bonchev–Trinajstić information content (AvgIpc) is 2.83. The van der Waals surface area contributed by atoms with Gasteiger partial charge in [-0.2, -0.15) is 5.10 Å². The molecule has 1 N–H and O–H groups in total. The monoisotopic (exact) mass is 296 g/mol. The van der Waals surface area contributed by atoms with Crippen molar-refractivity contribution in [2.45, 2.75) is 47.1 Å². The summed E-state index contributed by atoms with van der Waals surface area (Å²) in [5.41, 5.74) is -1.03. The number of esters is 1. The molecule has 118 valence electrons. The average molecular weight is 296 g/mol. The van der Waals surface area contributed by atoms with Crippen molar-refractivity contribution >= 4 is 11.9 Å². The maximum Gasteiger partial charge on any atom is 0.324 e. The van der Waals surface area contributed by atoms with Gasteiger partial charge in [-0.15, -0.1) is 0 Å². The zero-order chi connectivity index (χ0) is 16.2. The third kappa shape index (κ3) is 3.43. The molecule has 0 bridgehead atoms. The Kier molecular flexibility index (Phi) is 5.52. The lowest BCUT2D eigenvalue weighted by Crippen LogP contribution is -2.47. The highest BCUT2D eigenvalue weighted by atomic mass is 16.5. The van der Waals surface area contributed by atoms with Crippen LogP contribution in [0.5, 0.6) is 0 Å². The fraction of sp³-hybridized carbons (Fsp3) is 0.667. The second-order valence-corrected chi connectivity index (χ2v) is 5.71. The molecule has 0 saturated carbocycles. The van der Waals surface area contributed by atoms with Crippen molar-refractivity contribution in [3.8, 4) is 0 Å². The van der Waals surface area contributed by atoms with E-state index in [-0.39, 0.29) is 19.1 Å². The van der Waals surface area contributed by atoms with Crippen LogP contribution >= 0.6 is 0 Å². The van der Waals surface area contributed by atoms with Gasteiger partial charge >= 0.3 is 11.9 Å². The number of carboxylic acids is 1. The molecule has 0 aliphatic heterocycles. The summed E-state index contributed by atoms with van der Waals surface area (Å²) in [7, 11) is 0. The van der Waals surface area contributed by atoms with Crippen LogP contribution < -0.4 is 0 Å². The van der Waals surface area contributed by atoms with Crippen LogP contribution in [0.25, 0.3) is 0 Å². The maximum absolute atomic E-state index is 12.3. The number of ether oxygens (including phenoxy) is 1. The van der Waals surface area contributed by atoms with Gasteiger partial charge in [0.1, 0.15) is 0 Å². The number of hydrogen-bond donors (Lipinski definition) is 1. The first-order chi connectivity index (χ1) is 9.75. The van der Waals surface area contributed by atoms with Gasteiger partial charge < -0.3 is 9.84 Å². The Bertz CT molecular complexity index is 508. The molecular formula is C15H24N2O4. The molecule has 0 amide bonds. The Balaban J connectivity index is 3.17. The predicted octanol–water partition coefficient (Wildman–Crippen LogP) is 2.30. The van der Waals surface area contributed by atoms with Crippen LogP contribution in [0.4, 0.5) is 0 Å². The van der Waals surface area contributed by atoms with E-state index in [2.05, 4.69) is 5.10 Å². The topological polar surface area (TPSA) is 81.4 Å². The van der Waals surface area contributed by atoms with E-state index in [1.54, 1.807) is 37.7 Å². The minimum atomic E-state index is -1.60. The van der Waals surface area contributed by atoms with E-state index in [9.17, 15) is 14.7 Å². The van der Waals surface area contributed by atoms with E-state index in [1.165, 1.54) is 0 Å². The molecule has 0 saturated heterocycles. The zero-order valence-corrected chi connectivity index (χ0v) is 13.3. The standard InChI is InChI=1S/C15H24N2O4/c1-6-21-14(20)15(10(2)3,13(18)19)9-12-7-8-17(16-12)11(4)5/h7-8,10-11H,6,9H2,1-5H3,(H,18,19). The second-order valence-electron chi connectivity index (χ2n) is 5.71. The van der Waals surface area contributed by atoms with Crippen molar-refractivity contribution in [3.05, 3.63) is 18.0 Å². The molecule has 6 nitrogen and oxygen atoms in total. The first-order valence-corrected chi connectivity index (χ1v) is 7.20. The number of nitrogens with zero attached hydrogens (tertiary/aromatic N) is 2. The van der Waals surface area contributed by atoms with Crippen molar-refractivity contribution in [1.82, 2.24) is 9.78 Å². The highest BCUT2D eigenvalue weighted by Gasteiger charge is 2.51. The second kappa shape index (κ2) is 6.74. The van der Waals surface area contributed by atoms with Crippen LogP contribution in [0.15, 0.2) is 12.3 Å². The Morgan fingerprint density at radius 3 is 2.38 bits per heavy atom. The molecule has 0 fully saturated rings. The van der Waals surface area contributed by atoms with E-state index in [0.717, 1.165) is 0 Å². The van der Waals surface area contributed by atoms with Gasteiger partial charge in [0, 0.05) is 18.7 Å². The van der Waals surface area contributed by atoms with Crippen molar-refractivity contribution in [2.75, 3.05) is 6.61 Å². The van der Waals surface area contributed by atoms with E-state index < -0.39 is 23.3 Å². The molecule has 1 aromatic rings. The molecule has 0 aliphatic carbocycles. The van der Waals surface area contributed by atoms with Crippen LogP contribution in [-0.4, -0.2) is 33.4 Å². The maximum atomic E-state index is 12.3. The molecule has 1 atom stereocenters. The van der Waals surface area contributed by atoms with Gasteiger partial charge in [0.05, 0.1) is 12.3 Å². The largest absolute Gasteiger partial charge is 0.480 e. The summed E-state index contributed by atoms with van der Waals surface area (Å²) in [5.74, 6) is -2.28. The summed E-state index contributed by atoms with van der Waals surface area (Å²) in [4.78, 5) is 24.0. The van der Waals surface area contributed by atoms with E-state index >= 15 is 0 Å². The summed E-state index contributed by atoms with van der Waals surface area (Å²) in [6.45, 7) is 9.21. The van der Waals surface area contributed by atoms with Crippen molar-refractivity contribution in [3.63, 3.8) is 0 Å². The van der Waals surface area contributed by atoms with Crippen molar-refractivity contribution in [1.29, 1.82) is 0 Å². The number of carboxylic acid groups (broad SMARTS) is 1. The quantitative estimate of drug-likeness (QED) is 0.616. The molecule has 6 heteroatoms. The summed E-state index contributed by atoms with van der Waals surface area (Å²) in [6, 6.07) is 1.93. The van der Waals surface area contributed by atoms with E-state index in [4.69, 9.17) is 4.74 Å². The minimum absolute atomic E-state index is 0.0263. The lowest BCUT2D eigenvalue weighted by molar-refractivity contribution is -0.172. The molecular weight excluding hydrogens is 272 g/mol. The third-order valence-electron chi connectivity index (χ3n) is 3.66. The minimum Gasteiger partial charge on any atom is -0.480 e. The molecule has 0 aromatic carbocycles. The lowest BCUT2D eigenvalue weighted by Gasteiger charge is -2.30. The molecule has 1 heterocycles. The van der Waals surface area contributed by atoms with Crippen LogP contribution in [-0.2, 0) is 20.7 Å². The molecule has 1 unspecified atom stereocenters. The van der Waals surface area contributed by atoms with Gasteiger partial charge in [-0.05, 0) is 32.8 Å². The summed E-state index contributed by atoms with van der Waals surface area (Å²) in [6.07, 6.45) is 1.82. The van der Waals surface area contributed by atoms with Gasteiger partial charge in [-0.1, -0.05) is 13.8 Å². The molecule has 0 radical (unpaired) electrons. The number of rotatable bonds is 7. The van der Waals surface area contributed by atoms with Crippen molar-refractivity contribution < 1.29 is 19.4 Å².